The molecule has 0 bridgehead atoms. The zero-order valence-electron chi connectivity index (χ0n) is 13.6. The molecule has 2 N–H and O–H groups in total. The summed E-state index contributed by atoms with van der Waals surface area (Å²) in [5.41, 5.74) is 1.78. The van der Waals surface area contributed by atoms with Crippen LogP contribution in [0.4, 0.5) is 0 Å². The van der Waals surface area contributed by atoms with Crippen LogP contribution in [0.15, 0.2) is 54.6 Å². The molecule has 0 aromatic heterocycles. The van der Waals surface area contributed by atoms with Gasteiger partial charge in [0, 0.05) is 0 Å². The molecule has 0 atom stereocenters. The van der Waals surface area contributed by atoms with Crippen LogP contribution < -0.4 is 0 Å². The van der Waals surface area contributed by atoms with Crippen LogP contribution in [-0.2, 0) is 6.42 Å². The number of carboxylic acid groups (broad SMARTS) is 2. The maximum Gasteiger partial charge on any atom is 0.335 e. The van der Waals surface area contributed by atoms with Crippen LogP contribution in [0, 0.1) is 5.41 Å². The summed E-state index contributed by atoms with van der Waals surface area (Å²) in [6, 6.07) is 15.5. The van der Waals surface area contributed by atoms with E-state index in [0.29, 0.717) is 11.1 Å². The van der Waals surface area contributed by atoms with Crippen LogP contribution in [-0.4, -0.2) is 22.2 Å². The quantitative estimate of drug-likeness (QED) is 0.882. The van der Waals surface area contributed by atoms with Gasteiger partial charge in [0.05, 0.1) is 11.1 Å². The first-order valence-corrected chi connectivity index (χ1v) is 7.30. The van der Waals surface area contributed by atoms with Crippen LogP contribution in [0.5, 0.6) is 0 Å². The Balaban J connectivity index is 0.000000253. The van der Waals surface area contributed by atoms with Gasteiger partial charge in [-0.3, -0.25) is 0 Å². The molecule has 4 nitrogen and oxygen atoms in total. The molecule has 0 spiro atoms. The van der Waals surface area contributed by atoms with Gasteiger partial charge in [-0.15, -0.1) is 0 Å². The van der Waals surface area contributed by atoms with Crippen molar-refractivity contribution in [3.05, 3.63) is 71.3 Å². The van der Waals surface area contributed by atoms with Gasteiger partial charge < -0.3 is 10.2 Å². The lowest BCUT2D eigenvalue weighted by molar-refractivity contribution is 0.0685. The first-order valence-electron chi connectivity index (χ1n) is 7.30. The maximum absolute atomic E-state index is 10.9. The third-order valence-corrected chi connectivity index (χ3v) is 2.99. The van der Waals surface area contributed by atoms with Gasteiger partial charge in [-0.2, -0.15) is 0 Å². The molecule has 4 heteroatoms. The van der Waals surface area contributed by atoms with Crippen LogP contribution in [0.25, 0.3) is 0 Å². The number of aromatic carboxylic acids is 2. The van der Waals surface area contributed by atoms with Gasteiger partial charge in [0.25, 0.3) is 0 Å². The molecule has 0 aliphatic rings. The molecule has 2 aromatic rings. The zero-order chi connectivity index (χ0) is 17.5. The average Bonchev–Trinajstić information content (AvgIpc) is 2.47. The van der Waals surface area contributed by atoms with Crippen LogP contribution in [0.2, 0.25) is 0 Å². The third-order valence-electron chi connectivity index (χ3n) is 2.99. The van der Waals surface area contributed by atoms with Gasteiger partial charge in [-0.1, -0.05) is 57.2 Å². The van der Waals surface area contributed by atoms with Crippen molar-refractivity contribution in [1.82, 2.24) is 0 Å². The molecule has 0 saturated heterocycles. The topological polar surface area (TPSA) is 74.6 Å². The van der Waals surface area contributed by atoms with Crippen molar-refractivity contribution in [3.63, 3.8) is 0 Å². The molecule has 0 aliphatic carbocycles. The smallest absolute Gasteiger partial charge is 0.335 e. The van der Waals surface area contributed by atoms with Crippen LogP contribution >= 0.6 is 0 Å². The van der Waals surface area contributed by atoms with Crippen molar-refractivity contribution < 1.29 is 19.8 Å². The van der Waals surface area contributed by atoms with E-state index in [4.69, 9.17) is 10.2 Å². The van der Waals surface area contributed by atoms with Crippen molar-refractivity contribution in [2.75, 3.05) is 0 Å². The highest BCUT2D eigenvalue weighted by Crippen LogP contribution is 2.22. The molecule has 122 valence electrons. The fourth-order valence-electron chi connectivity index (χ4n) is 2.04. The second-order valence-corrected chi connectivity index (χ2v) is 6.37. The predicted octanol–water partition coefficient (Wildman–Crippen LogP) is 4.36. The monoisotopic (exact) mass is 314 g/mol. The predicted molar refractivity (Wildman–Crippen MR) is 90.0 cm³/mol. The van der Waals surface area contributed by atoms with Crippen LogP contribution in [0.3, 0.4) is 0 Å². The molecule has 0 aliphatic heterocycles. The Kier molecular flexibility index (Phi) is 6.51. The Hall–Kier alpha value is -2.62. The summed E-state index contributed by atoms with van der Waals surface area (Å²) in [4.78, 5) is 21.1. The van der Waals surface area contributed by atoms with Crippen molar-refractivity contribution in [1.29, 1.82) is 0 Å². The van der Waals surface area contributed by atoms with Crippen LogP contribution in [0.1, 0.15) is 47.1 Å². The average molecular weight is 314 g/mol. The molecule has 2 rings (SSSR count). The fraction of sp³-hybridized carbons (Fsp3) is 0.263. The van der Waals surface area contributed by atoms with Gasteiger partial charge in [-0.25, -0.2) is 9.59 Å². The summed E-state index contributed by atoms with van der Waals surface area (Å²) < 4.78 is 0. The number of rotatable bonds is 3. The highest BCUT2D eigenvalue weighted by atomic mass is 16.4. The minimum atomic E-state index is -0.879. The minimum Gasteiger partial charge on any atom is -0.478 e. The minimum absolute atomic E-state index is 0.117. The highest BCUT2D eigenvalue weighted by Gasteiger charge is 2.16. The fourth-order valence-corrected chi connectivity index (χ4v) is 2.04. The molecule has 0 heterocycles. The lowest BCUT2D eigenvalue weighted by Crippen LogP contribution is -2.12. The Labute approximate surface area is 136 Å². The Morgan fingerprint density at radius 1 is 0.826 bits per heavy atom. The number of carboxylic acids is 2. The summed E-state index contributed by atoms with van der Waals surface area (Å²) in [6.45, 7) is 6.31. The Morgan fingerprint density at radius 3 is 1.78 bits per heavy atom. The first-order chi connectivity index (χ1) is 10.7. The number of carbonyl (C=O) groups is 2. The van der Waals surface area contributed by atoms with E-state index in [-0.39, 0.29) is 5.41 Å². The van der Waals surface area contributed by atoms with Crippen molar-refractivity contribution in [2.45, 2.75) is 27.2 Å². The summed E-state index contributed by atoms with van der Waals surface area (Å²) >= 11 is 0. The summed E-state index contributed by atoms with van der Waals surface area (Å²) in [6.07, 6.45) is 0.787. The van der Waals surface area contributed by atoms with Crippen molar-refractivity contribution in [2.24, 2.45) is 5.41 Å². The second kappa shape index (κ2) is 8.13. The van der Waals surface area contributed by atoms with Gasteiger partial charge in [0.2, 0.25) is 0 Å². The highest BCUT2D eigenvalue weighted by molar-refractivity contribution is 5.89. The van der Waals surface area contributed by atoms with E-state index in [1.807, 2.05) is 12.1 Å². The standard InChI is InChI=1S/C12H16O2.C7H6O2/c1-12(2,3)8-9-6-4-5-7-10(9)11(13)14;8-7(9)6-4-2-1-3-5-6/h4-7H,8H2,1-3H3,(H,13,14);1-5H,(H,8,9). The van der Waals surface area contributed by atoms with E-state index in [1.165, 1.54) is 0 Å². The lowest BCUT2D eigenvalue weighted by atomic mass is 9.86. The van der Waals surface area contributed by atoms with E-state index in [9.17, 15) is 9.59 Å². The molecule has 0 radical (unpaired) electrons. The molecule has 0 fully saturated rings. The van der Waals surface area contributed by atoms with Gasteiger partial charge in [0.15, 0.2) is 0 Å². The normalized spacial score (nSPS) is 10.4. The summed E-state index contributed by atoms with van der Waals surface area (Å²) in [5, 5.41) is 17.3. The van der Waals surface area contributed by atoms with Crippen molar-refractivity contribution in [3.8, 4) is 0 Å². The third kappa shape index (κ3) is 6.78. The maximum atomic E-state index is 10.9. The first kappa shape index (κ1) is 18.4. The molecular formula is C19H22O4. The van der Waals surface area contributed by atoms with E-state index in [0.717, 1.165) is 12.0 Å². The molecular weight excluding hydrogens is 292 g/mol. The number of hydrogen-bond donors (Lipinski definition) is 2. The summed E-state index contributed by atoms with van der Waals surface area (Å²) in [5.74, 6) is -1.72. The Morgan fingerprint density at radius 2 is 1.35 bits per heavy atom. The SMILES string of the molecule is CC(C)(C)Cc1ccccc1C(=O)O.O=C(O)c1ccccc1. The van der Waals surface area contributed by atoms with E-state index < -0.39 is 11.9 Å². The number of benzene rings is 2. The number of hydrogen-bond acceptors (Lipinski definition) is 2. The van der Waals surface area contributed by atoms with Gasteiger partial charge >= 0.3 is 11.9 Å². The summed E-state index contributed by atoms with van der Waals surface area (Å²) in [7, 11) is 0. The lowest BCUT2D eigenvalue weighted by Gasteiger charge is -2.19. The largest absolute Gasteiger partial charge is 0.478 e. The second-order valence-electron chi connectivity index (χ2n) is 6.37. The van der Waals surface area contributed by atoms with E-state index >= 15 is 0 Å². The van der Waals surface area contributed by atoms with E-state index in [1.54, 1.807) is 42.5 Å². The molecule has 0 saturated carbocycles. The van der Waals surface area contributed by atoms with E-state index in [2.05, 4.69) is 20.8 Å². The molecule has 0 unspecified atom stereocenters. The van der Waals surface area contributed by atoms with Gasteiger partial charge in [0.1, 0.15) is 0 Å². The zero-order valence-corrected chi connectivity index (χ0v) is 13.6. The van der Waals surface area contributed by atoms with Gasteiger partial charge in [-0.05, 0) is 35.6 Å². The Bertz CT molecular complexity index is 655. The molecule has 23 heavy (non-hydrogen) atoms. The molecule has 0 amide bonds. The van der Waals surface area contributed by atoms with Crippen molar-refractivity contribution >= 4 is 11.9 Å². The molecule has 2 aromatic carbocycles.